The van der Waals surface area contributed by atoms with Gasteiger partial charge in [0.15, 0.2) is 0 Å². The SMILES string of the molecule is O=C(NCc1cccnc1)c1cnc(NCCN2CCOCC2)nc1. The molecular weight excluding hydrogens is 320 g/mol. The fourth-order valence-electron chi connectivity index (χ4n) is 2.47. The van der Waals surface area contributed by atoms with E-state index in [0.29, 0.717) is 18.1 Å². The molecular formula is C17H22N6O2. The number of carbonyl (C=O) groups is 1. The van der Waals surface area contributed by atoms with E-state index in [9.17, 15) is 4.79 Å². The summed E-state index contributed by atoms with van der Waals surface area (Å²) in [6.45, 7) is 5.59. The van der Waals surface area contributed by atoms with Crippen LogP contribution in [-0.4, -0.2) is 65.2 Å². The molecule has 0 saturated carbocycles. The lowest BCUT2D eigenvalue weighted by molar-refractivity contribution is 0.0398. The van der Waals surface area contributed by atoms with Gasteiger partial charge in [-0.25, -0.2) is 9.97 Å². The maximum Gasteiger partial charge on any atom is 0.254 e. The van der Waals surface area contributed by atoms with Crippen LogP contribution in [0.15, 0.2) is 36.9 Å². The van der Waals surface area contributed by atoms with E-state index in [0.717, 1.165) is 45.0 Å². The maximum atomic E-state index is 12.1. The van der Waals surface area contributed by atoms with Crippen molar-refractivity contribution in [3.05, 3.63) is 48.0 Å². The Labute approximate surface area is 146 Å². The van der Waals surface area contributed by atoms with Crippen LogP contribution in [0.5, 0.6) is 0 Å². The maximum absolute atomic E-state index is 12.1. The van der Waals surface area contributed by atoms with Crippen LogP contribution in [0, 0.1) is 0 Å². The number of carbonyl (C=O) groups excluding carboxylic acids is 1. The van der Waals surface area contributed by atoms with Gasteiger partial charge in [-0.05, 0) is 11.6 Å². The highest BCUT2D eigenvalue weighted by molar-refractivity contribution is 5.93. The molecule has 8 nitrogen and oxygen atoms in total. The summed E-state index contributed by atoms with van der Waals surface area (Å²) in [4.78, 5) is 26.8. The summed E-state index contributed by atoms with van der Waals surface area (Å²) < 4.78 is 5.32. The van der Waals surface area contributed by atoms with E-state index >= 15 is 0 Å². The summed E-state index contributed by atoms with van der Waals surface area (Å²) in [6, 6.07) is 3.74. The summed E-state index contributed by atoms with van der Waals surface area (Å²) >= 11 is 0. The van der Waals surface area contributed by atoms with Crippen molar-refractivity contribution < 1.29 is 9.53 Å². The number of nitrogens with zero attached hydrogens (tertiary/aromatic N) is 4. The molecule has 3 rings (SSSR count). The van der Waals surface area contributed by atoms with E-state index in [-0.39, 0.29) is 5.91 Å². The molecule has 1 fully saturated rings. The van der Waals surface area contributed by atoms with Crippen LogP contribution in [0.1, 0.15) is 15.9 Å². The number of aromatic nitrogens is 3. The lowest BCUT2D eigenvalue weighted by Crippen LogP contribution is -2.39. The quantitative estimate of drug-likeness (QED) is 0.759. The van der Waals surface area contributed by atoms with Crippen LogP contribution in [-0.2, 0) is 11.3 Å². The molecule has 0 aromatic carbocycles. The van der Waals surface area contributed by atoms with Crippen molar-refractivity contribution in [2.45, 2.75) is 6.54 Å². The minimum atomic E-state index is -0.205. The van der Waals surface area contributed by atoms with Gasteiger partial charge in [-0.3, -0.25) is 14.7 Å². The molecule has 2 aromatic heterocycles. The molecule has 0 spiro atoms. The minimum Gasteiger partial charge on any atom is -0.379 e. The molecule has 25 heavy (non-hydrogen) atoms. The van der Waals surface area contributed by atoms with Crippen LogP contribution in [0.4, 0.5) is 5.95 Å². The first-order valence-corrected chi connectivity index (χ1v) is 8.34. The zero-order chi connectivity index (χ0) is 17.3. The Hall–Kier alpha value is -2.58. The number of ether oxygens (including phenoxy) is 1. The number of hydrogen-bond acceptors (Lipinski definition) is 7. The molecule has 1 aliphatic rings. The zero-order valence-corrected chi connectivity index (χ0v) is 14.0. The third kappa shape index (κ3) is 5.47. The van der Waals surface area contributed by atoms with Gasteiger partial charge in [0.25, 0.3) is 5.91 Å². The number of amides is 1. The van der Waals surface area contributed by atoms with Gasteiger partial charge >= 0.3 is 0 Å². The highest BCUT2D eigenvalue weighted by Gasteiger charge is 2.10. The van der Waals surface area contributed by atoms with E-state index in [4.69, 9.17) is 4.74 Å². The third-order valence-electron chi connectivity index (χ3n) is 3.90. The van der Waals surface area contributed by atoms with Crippen molar-refractivity contribution in [2.75, 3.05) is 44.7 Å². The van der Waals surface area contributed by atoms with Crippen LogP contribution in [0.3, 0.4) is 0 Å². The Bertz CT molecular complexity index is 659. The van der Waals surface area contributed by atoms with Crippen LogP contribution in [0.25, 0.3) is 0 Å². The molecule has 1 amide bonds. The van der Waals surface area contributed by atoms with Gasteiger partial charge in [0, 0.05) is 57.5 Å². The summed E-state index contributed by atoms with van der Waals surface area (Å²) in [5.41, 5.74) is 1.38. The van der Waals surface area contributed by atoms with Crippen LogP contribution < -0.4 is 10.6 Å². The van der Waals surface area contributed by atoms with Gasteiger partial charge in [0.2, 0.25) is 5.95 Å². The van der Waals surface area contributed by atoms with Gasteiger partial charge in [-0.15, -0.1) is 0 Å². The second kappa shape index (κ2) is 9.05. The van der Waals surface area contributed by atoms with Crippen molar-refractivity contribution >= 4 is 11.9 Å². The smallest absolute Gasteiger partial charge is 0.254 e. The zero-order valence-electron chi connectivity index (χ0n) is 14.0. The second-order valence-corrected chi connectivity index (χ2v) is 5.72. The molecule has 0 atom stereocenters. The van der Waals surface area contributed by atoms with Crippen molar-refractivity contribution in [1.29, 1.82) is 0 Å². The first-order chi connectivity index (χ1) is 12.3. The summed E-state index contributed by atoms with van der Waals surface area (Å²) in [7, 11) is 0. The third-order valence-corrected chi connectivity index (χ3v) is 3.90. The summed E-state index contributed by atoms with van der Waals surface area (Å²) in [6.07, 6.45) is 6.48. The lowest BCUT2D eigenvalue weighted by atomic mass is 10.2. The molecule has 2 aromatic rings. The number of morpholine rings is 1. The van der Waals surface area contributed by atoms with Gasteiger partial charge < -0.3 is 15.4 Å². The number of nitrogens with one attached hydrogen (secondary N) is 2. The first kappa shape index (κ1) is 17.2. The molecule has 3 heterocycles. The monoisotopic (exact) mass is 342 g/mol. The number of rotatable bonds is 7. The standard InChI is InChI=1S/C17H22N6O2/c24-16(20-11-14-2-1-3-18-10-14)15-12-21-17(22-13-15)19-4-5-23-6-8-25-9-7-23/h1-3,10,12-13H,4-9,11H2,(H,20,24)(H,19,21,22). The van der Waals surface area contributed by atoms with E-state index in [1.807, 2.05) is 12.1 Å². The van der Waals surface area contributed by atoms with E-state index in [2.05, 4.69) is 30.5 Å². The highest BCUT2D eigenvalue weighted by Crippen LogP contribution is 2.02. The largest absolute Gasteiger partial charge is 0.379 e. The van der Waals surface area contributed by atoms with Crippen LogP contribution in [0.2, 0.25) is 0 Å². The average molecular weight is 342 g/mol. The summed E-state index contributed by atoms with van der Waals surface area (Å²) in [5.74, 6) is 0.320. The fraction of sp³-hybridized carbons (Fsp3) is 0.412. The molecule has 0 radical (unpaired) electrons. The minimum absolute atomic E-state index is 0.205. The first-order valence-electron chi connectivity index (χ1n) is 8.34. The highest BCUT2D eigenvalue weighted by atomic mass is 16.5. The Morgan fingerprint density at radius 2 is 2.00 bits per heavy atom. The van der Waals surface area contributed by atoms with Gasteiger partial charge in [-0.2, -0.15) is 0 Å². The van der Waals surface area contributed by atoms with Crippen LogP contribution >= 0.6 is 0 Å². The second-order valence-electron chi connectivity index (χ2n) is 5.72. The molecule has 0 unspecified atom stereocenters. The van der Waals surface area contributed by atoms with E-state index in [1.165, 1.54) is 12.4 Å². The molecule has 132 valence electrons. The Morgan fingerprint density at radius 3 is 2.72 bits per heavy atom. The Morgan fingerprint density at radius 1 is 1.20 bits per heavy atom. The van der Waals surface area contributed by atoms with Gasteiger partial charge in [0.1, 0.15) is 0 Å². The predicted molar refractivity (Wildman–Crippen MR) is 93.2 cm³/mol. The predicted octanol–water partition coefficient (Wildman–Crippen LogP) is 0.546. The lowest BCUT2D eigenvalue weighted by Gasteiger charge is -2.26. The normalized spacial score (nSPS) is 14.9. The Balaban J connectivity index is 1.42. The van der Waals surface area contributed by atoms with E-state index in [1.54, 1.807) is 12.4 Å². The molecule has 8 heteroatoms. The van der Waals surface area contributed by atoms with Crippen molar-refractivity contribution in [2.24, 2.45) is 0 Å². The van der Waals surface area contributed by atoms with Crippen molar-refractivity contribution in [3.63, 3.8) is 0 Å². The molecule has 2 N–H and O–H groups in total. The summed E-state index contributed by atoms with van der Waals surface area (Å²) in [5, 5.41) is 5.99. The molecule has 0 aliphatic carbocycles. The fourth-order valence-corrected chi connectivity index (χ4v) is 2.47. The van der Waals surface area contributed by atoms with Gasteiger partial charge in [-0.1, -0.05) is 6.07 Å². The van der Waals surface area contributed by atoms with Crippen molar-refractivity contribution in [3.8, 4) is 0 Å². The van der Waals surface area contributed by atoms with Gasteiger partial charge in [0.05, 0.1) is 18.8 Å². The molecule has 1 aliphatic heterocycles. The number of pyridine rings is 1. The number of anilines is 1. The molecule has 1 saturated heterocycles. The molecule has 0 bridgehead atoms. The van der Waals surface area contributed by atoms with E-state index < -0.39 is 0 Å². The Kier molecular flexibility index (Phi) is 6.24. The number of hydrogen-bond donors (Lipinski definition) is 2. The average Bonchev–Trinajstić information content (AvgIpc) is 2.68. The topological polar surface area (TPSA) is 92.3 Å². The van der Waals surface area contributed by atoms with Crippen molar-refractivity contribution in [1.82, 2.24) is 25.2 Å².